The Bertz CT molecular complexity index is 879. The molecule has 0 saturated carbocycles. The zero-order valence-electron chi connectivity index (χ0n) is 15.0. The van der Waals surface area contributed by atoms with Crippen molar-refractivity contribution >= 4 is 29.1 Å². The van der Waals surface area contributed by atoms with Gasteiger partial charge >= 0.3 is 0 Å². The Morgan fingerprint density at radius 3 is 2.36 bits per heavy atom. The second-order valence-corrected chi connectivity index (χ2v) is 6.68. The van der Waals surface area contributed by atoms with E-state index in [9.17, 15) is 14.7 Å². The highest BCUT2D eigenvalue weighted by atomic mass is 35.5. The molecule has 0 aliphatic carbocycles. The van der Waals surface area contributed by atoms with Gasteiger partial charge in [0.15, 0.2) is 0 Å². The second-order valence-electron chi connectivity index (χ2n) is 6.25. The van der Waals surface area contributed by atoms with Crippen LogP contribution in [0.25, 0.3) is 5.76 Å². The van der Waals surface area contributed by atoms with Crippen LogP contribution >= 0.6 is 11.6 Å². The van der Waals surface area contributed by atoms with Crippen molar-refractivity contribution in [3.63, 3.8) is 0 Å². The minimum absolute atomic E-state index is 0.0284. The minimum Gasteiger partial charge on any atom is -0.507 e. The van der Waals surface area contributed by atoms with Gasteiger partial charge in [-0.2, -0.15) is 0 Å². The van der Waals surface area contributed by atoms with Crippen LogP contribution in [0.5, 0.6) is 0 Å². The molecule has 2 aromatic carbocycles. The molecule has 0 spiro atoms. The van der Waals surface area contributed by atoms with Crippen LogP contribution in [0.2, 0.25) is 5.02 Å². The number of amides is 1. The summed E-state index contributed by atoms with van der Waals surface area (Å²) >= 11 is 5.90. The van der Waals surface area contributed by atoms with E-state index in [0.717, 1.165) is 0 Å². The summed E-state index contributed by atoms with van der Waals surface area (Å²) in [6.45, 7) is 0.335. The molecule has 2 aromatic rings. The average Bonchev–Trinajstić information content (AvgIpc) is 2.97. The first-order valence-corrected chi connectivity index (χ1v) is 9.20. The fourth-order valence-corrected chi connectivity index (χ4v) is 3.31. The van der Waals surface area contributed by atoms with Crippen molar-refractivity contribution in [3.8, 4) is 0 Å². The maximum absolute atomic E-state index is 12.8. The Labute approximate surface area is 167 Å². The number of likely N-dealkylation sites (tertiary alicyclic amines) is 1. The first-order chi connectivity index (χ1) is 13.5. The van der Waals surface area contributed by atoms with Gasteiger partial charge in [-0.3, -0.25) is 9.59 Å². The van der Waals surface area contributed by atoms with E-state index >= 15 is 0 Å². The number of ketones is 1. The smallest absolute Gasteiger partial charge is 0.295 e. The fraction of sp³-hybridized carbons (Fsp3) is 0.238. The molecule has 1 amide bonds. The number of rotatable bonds is 7. The summed E-state index contributed by atoms with van der Waals surface area (Å²) in [4.78, 5) is 26.8. The van der Waals surface area contributed by atoms with Crippen molar-refractivity contribution < 1.29 is 24.5 Å². The summed E-state index contributed by atoms with van der Waals surface area (Å²) in [5.74, 6) is -1.69. The standard InChI is InChI=1S/C21H20ClNO5/c22-16-8-6-15(7-9-16)19(25)17-18(14-4-2-1-3-5-14)23(21(27)20(17)26)10-12-28-13-11-24/h1-9,18,24-25H,10-13H2/b19-17+. The average molecular weight is 402 g/mol. The van der Waals surface area contributed by atoms with E-state index in [4.69, 9.17) is 21.4 Å². The van der Waals surface area contributed by atoms with Crippen LogP contribution in [0.1, 0.15) is 17.2 Å². The van der Waals surface area contributed by atoms with Crippen LogP contribution in [0.3, 0.4) is 0 Å². The first-order valence-electron chi connectivity index (χ1n) is 8.82. The Morgan fingerprint density at radius 2 is 1.71 bits per heavy atom. The number of aliphatic hydroxyl groups excluding tert-OH is 2. The van der Waals surface area contributed by atoms with E-state index in [1.807, 2.05) is 6.07 Å². The number of carbonyl (C=O) groups excluding carboxylic acids is 2. The molecule has 0 bridgehead atoms. The molecule has 0 aromatic heterocycles. The SMILES string of the molecule is O=C1C(=O)N(CCOCCO)C(c2ccccc2)/C1=C(\O)c1ccc(Cl)cc1. The van der Waals surface area contributed by atoms with Crippen molar-refractivity contribution in [1.29, 1.82) is 0 Å². The molecule has 1 saturated heterocycles. The predicted octanol–water partition coefficient (Wildman–Crippen LogP) is 2.77. The maximum atomic E-state index is 12.8. The monoisotopic (exact) mass is 401 g/mol. The third kappa shape index (κ3) is 4.09. The van der Waals surface area contributed by atoms with Gasteiger partial charge in [-0.15, -0.1) is 0 Å². The molecule has 1 unspecified atom stereocenters. The Balaban J connectivity index is 2.03. The Kier molecular flexibility index (Phi) is 6.46. The normalized spacial score (nSPS) is 18.6. The summed E-state index contributed by atoms with van der Waals surface area (Å²) in [5.41, 5.74) is 1.14. The lowest BCUT2D eigenvalue weighted by atomic mass is 9.95. The topological polar surface area (TPSA) is 87.1 Å². The van der Waals surface area contributed by atoms with Crippen molar-refractivity contribution in [2.75, 3.05) is 26.4 Å². The van der Waals surface area contributed by atoms with Gasteiger partial charge in [-0.05, 0) is 29.8 Å². The minimum atomic E-state index is -0.747. The lowest BCUT2D eigenvalue weighted by molar-refractivity contribution is -0.140. The number of carbonyl (C=O) groups is 2. The summed E-state index contributed by atoms with van der Waals surface area (Å²) in [5, 5.41) is 20.2. The third-order valence-electron chi connectivity index (χ3n) is 4.49. The molecular formula is C21H20ClNO5. The zero-order valence-corrected chi connectivity index (χ0v) is 15.8. The highest BCUT2D eigenvalue weighted by Crippen LogP contribution is 2.39. The fourth-order valence-electron chi connectivity index (χ4n) is 3.19. The molecule has 1 fully saturated rings. The number of hydrogen-bond acceptors (Lipinski definition) is 5. The summed E-state index contributed by atoms with van der Waals surface area (Å²) in [6, 6.07) is 14.7. The molecule has 7 heteroatoms. The van der Waals surface area contributed by atoms with Crippen molar-refractivity contribution in [2.45, 2.75) is 6.04 Å². The molecule has 1 heterocycles. The summed E-state index contributed by atoms with van der Waals surface area (Å²) < 4.78 is 5.26. The van der Waals surface area contributed by atoms with Gasteiger partial charge in [0.25, 0.3) is 11.7 Å². The molecule has 146 valence electrons. The van der Waals surface area contributed by atoms with Crippen LogP contribution in [-0.2, 0) is 14.3 Å². The van der Waals surface area contributed by atoms with Crippen LogP contribution in [0, 0.1) is 0 Å². The summed E-state index contributed by atoms with van der Waals surface area (Å²) in [7, 11) is 0. The number of ether oxygens (including phenoxy) is 1. The van der Waals surface area contributed by atoms with Crippen molar-refractivity contribution in [3.05, 3.63) is 76.3 Å². The number of halogens is 1. The lowest BCUT2D eigenvalue weighted by Crippen LogP contribution is -2.33. The third-order valence-corrected chi connectivity index (χ3v) is 4.74. The number of benzene rings is 2. The zero-order chi connectivity index (χ0) is 20.1. The van der Waals surface area contributed by atoms with Gasteiger partial charge in [0.1, 0.15) is 5.76 Å². The van der Waals surface area contributed by atoms with Gasteiger partial charge in [-0.1, -0.05) is 41.9 Å². The van der Waals surface area contributed by atoms with E-state index in [0.29, 0.717) is 16.1 Å². The van der Waals surface area contributed by atoms with E-state index in [2.05, 4.69) is 0 Å². The highest BCUT2D eigenvalue weighted by molar-refractivity contribution is 6.46. The predicted molar refractivity (Wildman–Crippen MR) is 105 cm³/mol. The number of Topliss-reactive ketones (excluding diaryl/α,β-unsaturated/α-hetero) is 1. The van der Waals surface area contributed by atoms with Crippen LogP contribution < -0.4 is 0 Å². The van der Waals surface area contributed by atoms with Gasteiger partial charge in [-0.25, -0.2) is 0 Å². The molecule has 0 radical (unpaired) electrons. The molecule has 1 aliphatic heterocycles. The molecule has 3 rings (SSSR count). The molecule has 28 heavy (non-hydrogen) atoms. The molecule has 1 aliphatic rings. The number of nitrogens with zero attached hydrogens (tertiary/aromatic N) is 1. The maximum Gasteiger partial charge on any atom is 0.295 e. The van der Waals surface area contributed by atoms with Crippen molar-refractivity contribution in [2.24, 2.45) is 0 Å². The van der Waals surface area contributed by atoms with E-state index in [-0.39, 0.29) is 37.7 Å². The van der Waals surface area contributed by atoms with Crippen LogP contribution in [-0.4, -0.2) is 53.2 Å². The van der Waals surface area contributed by atoms with Gasteiger partial charge in [0.05, 0.1) is 31.4 Å². The van der Waals surface area contributed by atoms with E-state index < -0.39 is 17.7 Å². The molecular weight excluding hydrogens is 382 g/mol. The lowest BCUT2D eigenvalue weighted by Gasteiger charge is -2.25. The Morgan fingerprint density at radius 1 is 1.04 bits per heavy atom. The van der Waals surface area contributed by atoms with Gasteiger partial charge in [0, 0.05) is 17.1 Å². The Hall–Kier alpha value is -2.67. The number of aliphatic hydroxyl groups is 2. The quantitative estimate of drug-likeness (QED) is 0.322. The summed E-state index contributed by atoms with van der Waals surface area (Å²) in [6.07, 6.45) is 0. The van der Waals surface area contributed by atoms with E-state index in [1.54, 1.807) is 48.5 Å². The molecule has 1 atom stereocenters. The molecule has 6 nitrogen and oxygen atoms in total. The van der Waals surface area contributed by atoms with Crippen LogP contribution in [0.15, 0.2) is 60.2 Å². The van der Waals surface area contributed by atoms with Crippen molar-refractivity contribution in [1.82, 2.24) is 4.90 Å². The van der Waals surface area contributed by atoms with Crippen LogP contribution in [0.4, 0.5) is 0 Å². The largest absolute Gasteiger partial charge is 0.507 e. The van der Waals surface area contributed by atoms with E-state index in [1.165, 1.54) is 4.90 Å². The number of hydrogen-bond donors (Lipinski definition) is 2. The van der Waals surface area contributed by atoms with Gasteiger partial charge < -0.3 is 19.8 Å². The van der Waals surface area contributed by atoms with Gasteiger partial charge in [0.2, 0.25) is 0 Å². The second kappa shape index (κ2) is 9.01. The molecule has 2 N–H and O–H groups in total. The first kappa shape index (κ1) is 20.1. The highest BCUT2D eigenvalue weighted by Gasteiger charge is 2.45.